The Morgan fingerprint density at radius 3 is 1.62 bits per heavy atom. The molecule has 0 spiro atoms. The number of fused-ring (bicyclic) bond motifs is 2. The van der Waals surface area contributed by atoms with E-state index in [2.05, 4.69) is 103 Å². The number of nitrogens with one attached hydrogen (secondary N) is 1. The van der Waals surface area contributed by atoms with E-state index < -0.39 is 0 Å². The molecule has 0 amide bonds. The maximum absolute atomic E-state index is 3.58. The minimum atomic E-state index is 0. The fourth-order valence-corrected chi connectivity index (χ4v) is 3.58. The molecule has 0 aliphatic carbocycles. The fourth-order valence-electron chi connectivity index (χ4n) is 3.58. The van der Waals surface area contributed by atoms with Gasteiger partial charge in [0.2, 0.25) is 0 Å². The Morgan fingerprint density at radius 1 is 0.667 bits per heavy atom. The van der Waals surface area contributed by atoms with E-state index in [9.17, 15) is 0 Å². The van der Waals surface area contributed by atoms with Crippen molar-refractivity contribution in [3.8, 4) is 0 Å². The number of halogens is 1. The van der Waals surface area contributed by atoms with Crippen molar-refractivity contribution in [2.24, 2.45) is 0 Å². The average molecular weight is 382 g/mol. The van der Waals surface area contributed by atoms with Crippen molar-refractivity contribution in [2.75, 3.05) is 19.4 Å². The number of hydrogen-bond donors (Lipinski definition) is 1. The normalized spacial score (nSPS) is 14.1. The SMILES string of the molecule is CN(C)[N+]1(c2ccccc2)c2ccccc2Nc2ccccc21.[Br-]. The summed E-state index contributed by atoms with van der Waals surface area (Å²) in [4.78, 5) is 0. The third-order valence-electron chi connectivity index (χ3n) is 4.50. The van der Waals surface area contributed by atoms with Gasteiger partial charge in [-0.25, -0.2) is 0 Å². The first-order valence-electron chi connectivity index (χ1n) is 7.83. The van der Waals surface area contributed by atoms with Crippen LogP contribution in [-0.4, -0.2) is 19.1 Å². The first-order valence-corrected chi connectivity index (χ1v) is 7.83. The molecule has 0 radical (unpaired) electrons. The summed E-state index contributed by atoms with van der Waals surface area (Å²) >= 11 is 0. The van der Waals surface area contributed by atoms with Crippen molar-refractivity contribution in [2.45, 2.75) is 0 Å². The number of nitrogens with zero attached hydrogens (tertiary/aromatic N) is 2. The summed E-state index contributed by atoms with van der Waals surface area (Å²) in [6.07, 6.45) is 0. The van der Waals surface area contributed by atoms with Gasteiger partial charge in [-0.15, -0.1) is 9.60 Å². The van der Waals surface area contributed by atoms with E-state index in [0.717, 1.165) is 11.4 Å². The third-order valence-corrected chi connectivity index (χ3v) is 4.50. The summed E-state index contributed by atoms with van der Waals surface area (Å²) in [7, 11) is 4.26. The Hall–Kier alpha value is -2.14. The van der Waals surface area contributed by atoms with Crippen LogP contribution in [0.1, 0.15) is 0 Å². The maximum atomic E-state index is 3.58. The minimum Gasteiger partial charge on any atom is -1.00 e. The number of rotatable bonds is 2. The van der Waals surface area contributed by atoms with Crippen LogP contribution >= 0.6 is 0 Å². The zero-order chi connectivity index (χ0) is 15.9. The third kappa shape index (κ3) is 2.26. The van der Waals surface area contributed by atoms with E-state index in [1.54, 1.807) is 0 Å². The molecule has 4 heteroatoms. The quantitative estimate of drug-likeness (QED) is 0.684. The Balaban J connectivity index is 0.00000169. The highest BCUT2D eigenvalue weighted by Gasteiger charge is 2.45. The molecule has 0 fully saturated rings. The second kappa shape index (κ2) is 6.40. The first-order chi connectivity index (χ1) is 11.2. The standard InChI is InChI=1S/C20H20N3.BrH/c1-22(2)23(16-10-4-3-5-11-16)19-14-8-6-12-17(19)21-18-13-7-9-15-20(18)23;/h3-15,21H,1-2H3;1H/q+1;/p-1. The van der Waals surface area contributed by atoms with Gasteiger partial charge in [-0.1, -0.05) is 42.5 Å². The molecule has 0 unspecified atom stereocenters. The minimum absolute atomic E-state index is 0. The summed E-state index contributed by atoms with van der Waals surface area (Å²) < 4.78 is 0.570. The molecule has 3 nitrogen and oxygen atoms in total. The lowest BCUT2D eigenvalue weighted by Crippen LogP contribution is -3.00. The van der Waals surface area contributed by atoms with Gasteiger partial charge in [-0.3, -0.25) is 0 Å². The highest BCUT2D eigenvalue weighted by Crippen LogP contribution is 2.54. The summed E-state index contributed by atoms with van der Waals surface area (Å²) in [6.45, 7) is 0. The lowest BCUT2D eigenvalue weighted by molar-refractivity contribution is -0.00000456. The van der Waals surface area contributed by atoms with Crippen molar-refractivity contribution in [1.82, 2.24) is 9.60 Å². The molecule has 1 heterocycles. The molecule has 24 heavy (non-hydrogen) atoms. The van der Waals surface area contributed by atoms with Gasteiger partial charge in [0.05, 0.1) is 0 Å². The lowest BCUT2D eigenvalue weighted by Gasteiger charge is -2.44. The summed E-state index contributed by atoms with van der Waals surface area (Å²) in [5, 5.41) is 5.84. The van der Waals surface area contributed by atoms with Crippen molar-refractivity contribution in [3.05, 3.63) is 78.9 Å². The van der Waals surface area contributed by atoms with E-state index >= 15 is 0 Å². The van der Waals surface area contributed by atoms with Crippen LogP contribution in [0.15, 0.2) is 78.9 Å². The Morgan fingerprint density at radius 2 is 1.12 bits per heavy atom. The molecule has 3 aromatic rings. The van der Waals surface area contributed by atoms with Crippen LogP contribution < -0.4 is 26.9 Å². The van der Waals surface area contributed by atoms with Crippen LogP contribution in [0.2, 0.25) is 0 Å². The maximum Gasteiger partial charge on any atom is 0.186 e. The number of quaternary nitrogens is 1. The van der Waals surface area contributed by atoms with Gasteiger partial charge < -0.3 is 22.3 Å². The average Bonchev–Trinajstić information content (AvgIpc) is 2.60. The van der Waals surface area contributed by atoms with Gasteiger partial charge in [0.1, 0.15) is 11.4 Å². The highest BCUT2D eigenvalue weighted by molar-refractivity contribution is 5.92. The number of hydrogen-bond acceptors (Lipinski definition) is 2. The van der Waals surface area contributed by atoms with E-state index in [0.29, 0.717) is 4.59 Å². The molecule has 122 valence electrons. The van der Waals surface area contributed by atoms with Gasteiger partial charge in [-0.05, 0) is 12.1 Å². The van der Waals surface area contributed by atoms with E-state index in [1.807, 2.05) is 0 Å². The number of anilines is 2. The van der Waals surface area contributed by atoms with Crippen LogP contribution in [0.5, 0.6) is 0 Å². The lowest BCUT2D eigenvalue weighted by atomic mass is 10.1. The van der Waals surface area contributed by atoms with Crippen LogP contribution in [0.25, 0.3) is 0 Å². The molecule has 3 aromatic carbocycles. The number of benzene rings is 3. The van der Waals surface area contributed by atoms with Crippen molar-refractivity contribution < 1.29 is 17.0 Å². The molecule has 0 bridgehead atoms. The Bertz CT molecular complexity index is 801. The second-order valence-electron chi connectivity index (χ2n) is 5.98. The highest BCUT2D eigenvalue weighted by atomic mass is 79.9. The Kier molecular flexibility index (Phi) is 4.45. The summed E-state index contributed by atoms with van der Waals surface area (Å²) in [5.41, 5.74) is 5.95. The second-order valence-corrected chi connectivity index (χ2v) is 5.98. The predicted molar refractivity (Wildman–Crippen MR) is 97.4 cm³/mol. The van der Waals surface area contributed by atoms with Gasteiger partial charge in [0, 0.05) is 38.4 Å². The molecule has 1 N–H and O–H groups in total. The van der Waals surface area contributed by atoms with Crippen LogP contribution in [0, 0.1) is 0 Å². The van der Waals surface area contributed by atoms with Gasteiger partial charge in [0.25, 0.3) is 0 Å². The van der Waals surface area contributed by atoms with Gasteiger partial charge in [-0.2, -0.15) is 0 Å². The fraction of sp³-hybridized carbons (Fsp3) is 0.100. The summed E-state index contributed by atoms with van der Waals surface area (Å²) in [6, 6.07) is 27.7. The Labute approximate surface area is 153 Å². The van der Waals surface area contributed by atoms with Gasteiger partial charge in [0.15, 0.2) is 17.1 Å². The van der Waals surface area contributed by atoms with Crippen molar-refractivity contribution >= 4 is 28.4 Å². The van der Waals surface area contributed by atoms with E-state index in [4.69, 9.17) is 0 Å². The zero-order valence-corrected chi connectivity index (χ0v) is 15.4. The molecule has 1 aliphatic heterocycles. The van der Waals surface area contributed by atoms with Crippen LogP contribution in [0.4, 0.5) is 28.4 Å². The zero-order valence-electron chi connectivity index (χ0n) is 13.8. The molecular formula is C20H20BrN3. The molecule has 0 saturated carbocycles. The summed E-state index contributed by atoms with van der Waals surface area (Å²) in [5.74, 6) is 0. The molecular weight excluding hydrogens is 362 g/mol. The monoisotopic (exact) mass is 381 g/mol. The smallest absolute Gasteiger partial charge is 0.186 e. The van der Waals surface area contributed by atoms with Crippen LogP contribution in [0.3, 0.4) is 0 Å². The van der Waals surface area contributed by atoms with Crippen molar-refractivity contribution in [3.63, 3.8) is 0 Å². The molecule has 1 aliphatic rings. The molecule has 0 aromatic heterocycles. The van der Waals surface area contributed by atoms with Gasteiger partial charge >= 0.3 is 0 Å². The largest absolute Gasteiger partial charge is 1.00 e. The molecule has 0 saturated heterocycles. The molecule has 4 rings (SSSR count). The van der Waals surface area contributed by atoms with Crippen LogP contribution in [-0.2, 0) is 0 Å². The van der Waals surface area contributed by atoms with E-state index in [1.165, 1.54) is 17.1 Å². The number of para-hydroxylation sites is 5. The van der Waals surface area contributed by atoms with Crippen molar-refractivity contribution in [1.29, 1.82) is 0 Å². The topological polar surface area (TPSA) is 15.3 Å². The predicted octanol–water partition coefficient (Wildman–Crippen LogP) is 2.19. The first kappa shape index (κ1) is 16.7. The molecule has 0 atom stereocenters. The van der Waals surface area contributed by atoms with E-state index in [-0.39, 0.29) is 17.0 Å².